The van der Waals surface area contributed by atoms with Gasteiger partial charge in [-0.2, -0.15) is 0 Å². The molecule has 3 rings (SSSR count). The normalized spacial score (nSPS) is 12.0. The van der Waals surface area contributed by atoms with Crippen molar-refractivity contribution < 1.29 is 14.1 Å². The Bertz CT molecular complexity index is 856. The minimum absolute atomic E-state index is 0.123. The van der Waals surface area contributed by atoms with Gasteiger partial charge in [0.2, 0.25) is 0 Å². The molecule has 0 aliphatic carbocycles. The Morgan fingerprint density at radius 1 is 1.16 bits per heavy atom. The van der Waals surface area contributed by atoms with E-state index in [1.54, 1.807) is 0 Å². The average molecular weight is 400 g/mol. The first kappa shape index (κ1) is 17.4. The second-order valence-electron chi connectivity index (χ2n) is 5.80. The summed E-state index contributed by atoms with van der Waals surface area (Å²) < 4.78 is 12.0. The molecule has 0 amide bonds. The van der Waals surface area contributed by atoms with Crippen LogP contribution in [0.25, 0.3) is 11.3 Å². The lowest BCUT2D eigenvalue weighted by atomic mass is 10.0. The molecule has 0 aliphatic rings. The Balaban J connectivity index is 1.75. The zero-order valence-electron chi connectivity index (χ0n) is 14.0. The molecule has 128 valence electrons. The van der Waals surface area contributed by atoms with Crippen molar-refractivity contribution in [3.63, 3.8) is 0 Å². The molecular weight excluding hydrogens is 382 g/mol. The number of nitrogens with zero attached hydrogens (tertiary/aromatic N) is 1. The highest BCUT2D eigenvalue weighted by molar-refractivity contribution is 9.10. The number of ether oxygens (including phenoxy) is 1. The molecule has 25 heavy (non-hydrogen) atoms. The largest absolute Gasteiger partial charge is 0.458 e. The third-order valence-electron chi connectivity index (χ3n) is 3.99. The smallest absolute Gasteiger partial charge is 0.311 e. The maximum absolute atomic E-state index is 12.4. The van der Waals surface area contributed by atoms with Gasteiger partial charge < -0.3 is 9.26 Å². The highest BCUT2D eigenvalue weighted by Gasteiger charge is 2.20. The van der Waals surface area contributed by atoms with E-state index < -0.39 is 0 Å². The van der Waals surface area contributed by atoms with Crippen molar-refractivity contribution in [1.82, 2.24) is 5.16 Å². The van der Waals surface area contributed by atoms with E-state index in [0.717, 1.165) is 21.2 Å². The first-order valence-corrected chi connectivity index (χ1v) is 8.79. The lowest BCUT2D eigenvalue weighted by molar-refractivity contribution is -0.147. The molecule has 0 N–H and O–H groups in total. The lowest BCUT2D eigenvalue weighted by Crippen LogP contribution is -2.12. The maximum atomic E-state index is 12.4. The van der Waals surface area contributed by atoms with Crippen molar-refractivity contribution in [3.8, 4) is 11.3 Å². The first-order chi connectivity index (χ1) is 12.0. The fourth-order valence-electron chi connectivity index (χ4n) is 2.60. The molecule has 1 aromatic heterocycles. The average Bonchev–Trinajstić information content (AvgIpc) is 2.97. The topological polar surface area (TPSA) is 52.3 Å². The second kappa shape index (κ2) is 7.66. The van der Waals surface area contributed by atoms with E-state index in [1.165, 1.54) is 0 Å². The summed E-state index contributed by atoms with van der Waals surface area (Å²) in [5, 5.41) is 4.01. The molecule has 0 aliphatic heterocycles. The molecule has 0 bridgehead atoms. The van der Waals surface area contributed by atoms with Crippen molar-refractivity contribution in [1.29, 1.82) is 0 Å². The van der Waals surface area contributed by atoms with Gasteiger partial charge in [-0.15, -0.1) is 0 Å². The number of hydrogen-bond acceptors (Lipinski definition) is 4. The summed E-state index contributed by atoms with van der Waals surface area (Å²) in [6.07, 6.45) is -0.178. The molecule has 0 spiro atoms. The third kappa shape index (κ3) is 4.17. The van der Waals surface area contributed by atoms with Crippen molar-refractivity contribution in [2.75, 3.05) is 0 Å². The van der Waals surface area contributed by atoms with E-state index in [-0.39, 0.29) is 18.5 Å². The van der Waals surface area contributed by atoms with E-state index in [0.29, 0.717) is 11.5 Å². The summed E-state index contributed by atoms with van der Waals surface area (Å²) in [4.78, 5) is 12.4. The van der Waals surface area contributed by atoms with E-state index in [1.807, 2.05) is 68.4 Å². The minimum Gasteiger partial charge on any atom is -0.458 e. The molecule has 0 unspecified atom stereocenters. The van der Waals surface area contributed by atoms with Gasteiger partial charge in [0.1, 0.15) is 6.10 Å². The van der Waals surface area contributed by atoms with Crippen LogP contribution in [0.4, 0.5) is 0 Å². The Hall–Kier alpha value is -2.40. The van der Waals surface area contributed by atoms with E-state index in [9.17, 15) is 4.79 Å². The standard InChI is InChI=1S/C20H18BrNO3/c1-13-18(20(25-22-13)16-8-10-17(21)11-9-16)12-19(23)24-14(2)15-6-4-3-5-7-15/h3-11,14H,12H2,1-2H3/t14-/m0/s1. The van der Waals surface area contributed by atoms with Crippen LogP contribution in [-0.2, 0) is 16.0 Å². The molecule has 2 aromatic carbocycles. The Morgan fingerprint density at radius 2 is 1.84 bits per heavy atom. The Labute approximate surface area is 154 Å². The molecule has 5 heteroatoms. The fourth-order valence-corrected chi connectivity index (χ4v) is 2.86. The second-order valence-corrected chi connectivity index (χ2v) is 6.72. The van der Waals surface area contributed by atoms with Crippen molar-refractivity contribution >= 4 is 21.9 Å². The summed E-state index contributed by atoms with van der Waals surface area (Å²) in [5.74, 6) is 0.301. The van der Waals surface area contributed by atoms with Crippen molar-refractivity contribution in [2.45, 2.75) is 26.4 Å². The Kier molecular flexibility index (Phi) is 5.34. The number of benzene rings is 2. The first-order valence-electron chi connectivity index (χ1n) is 8.00. The van der Waals surface area contributed by atoms with Gasteiger partial charge in [0.15, 0.2) is 5.76 Å². The van der Waals surface area contributed by atoms with Gasteiger partial charge in [0.05, 0.1) is 12.1 Å². The lowest BCUT2D eigenvalue weighted by Gasteiger charge is -2.13. The SMILES string of the molecule is Cc1noc(-c2ccc(Br)cc2)c1CC(=O)O[C@@H](C)c1ccccc1. The summed E-state index contributed by atoms with van der Waals surface area (Å²) >= 11 is 3.41. The summed E-state index contributed by atoms with van der Waals surface area (Å²) in [5.41, 5.74) is 3.29. The van der Waals surface area contributed by atoms with Crippen LogP contribution in [0.2, 0.25) is 0 Å². The molecule has 4 nitrogen and oxygen atoms in total. The molecule has 1 atom stereocenters. The van der Waals surface area contributed by atoms with Crippen LogP contribution >= 0.6 is 15.9 Å². The molecule has 1 heterocycles. The van der Waals surface area contributed by atoms with Gasteiger partial charge in [0, 0.05) is 15.6 Å². The van der Waals surface area contributed by atoms with E-state index in [4.69, 9.17) is 9.26 Å². The maximum Gasteiger partial charge on any atom is 0.311 e. The highest BCUT2D eigenvalue weighted by atomic mass is 79.9. The zero-order valence-corrected chi connectivity index (χ0v) is 15.6. The number of hydrogen-bond donors (Lipinski definition) is 0. The van der Waals surface area contributed by atoms with Gasteiger partial charge in [-0.05, 0) is 31.5 Å². The van der Waals surface area contributed by atoms with Crippen LogP contribution in [0.1, 0.15) is 29.8 Å². The number of esters is 1. The Morgan fingerprint density at radius 3 is 2.52 bits per heavy atom. The number of aryl methyl sites for hydroxylation is 1. The number of carbonyl (C=O) groups excluding carboxylic acids is 1. The van der Waals surface area contributed by atoms with Crippen LogP contribution < -0.4 is 0 Å². The number of halogens is 1. The number of aromatic nitrogens is 1. The molecule has 0 fully saturated rings. The monoisotopic (exact) mass is 399 g/mol. The van der Waals surface area contributed by atoms with Crippen LogP contribution in [-0.4, -0.2) is 11.1 Å². The predicted octanol–water partition coefficient (Wildman–Crippen LogP) is 5.26. The van der Waals surface area contributed by atoms with E-state index >= 15 is 0 Å². The zero-order chi connectivity index (χ0) is 17.8. The fraction of sp³-hybridized carbons (Fsp3) is 0.200. The molecule has 0 radical (unpaired) electrons. The van der Waals surface area contributed by atoms with Crippen LogP contribution in [0.5, 0.6) is 0 Å². The third-order valence-corrected chi connectivity index (χ3v) is 4.52. The quantitative estimate of drug-likeness (QED) is 0.549. The van der Waals surface area contributed by atoms with Crippen LogP contribution in [0, 0.1) is 6.92 Å². The predicted molar refractivity (Wildman–Crippen MR) is 99.0 cm³/mol. The van der Waals surface area contributed by atoms with Gasteiger partial charge >= 0.3 is 5.97 Å². The van der Waals surface area contributed by atoms with Gasteiger partial charge in [-0.25, -0.2) is 0 Å². The molecular formula is C20H18BrNO3. The van der Waals surface area contributed by atoms with Crippen LogP contribution in [0.3, 0.4) is 0 Å². The summed E-state index contributed by atoms with van der Waals surface area (Å²) in [6.45, 7) is 3.69. The molecule has 0 saturated heterocycles. The summed E-state index contributed by atoms with van der Waals surface area (Å²) in [6, 6.07) is 17.4. The summed E-state index contributed by atoms with van der Waals surface area (Å²) in [7, 11) is 0. The van der Waals surface area contributed by atoms with Crippen molar-refractivity contribution in [3.05, 3.63) is 75.9 Å². The minimum atomic E-state index is -0.305. The van der Waals surface area contributed by atoms with E-state index in [2.05, 4.69) is 21.1 Å². The van der Waals surface area contributed by atoms with Crippen molar-refractivity contribution in [2.24, 2.45) is 0 Å². The molecule has 0 saturated carbocycles. The number of carbonyl (C=O) groups is 1. The van der Waals surface area contributed by atoms with Gasteiger partial charge in [-0.1, -0.05) is 63.6 Å². The van der Waals surface area contributed by atoms with Gasteiger partial charge in [0.25, 0.3) is 0 Å². The van der Waals surface area contributed by atoms with Gasteiger partial charge in [-0.3, -0.25) is 4.79 Å². The molecule has 3 aromatic rings. The van der Waals surface area contributed by atoms with Crippen LogP contribution in [0.15, 0.2) is 63.6 Å². The highest BCUT2D eigenvalue weighted by Crippen LogP contribution is 2.28. The number of rotatable bonds is 5.